The second-order valence-electron chi connectivity index (χ2n) is 4.84. The molecule has 0 amide bonds. The fourth-order valence-corrected chi connectivity index (χ4v) is 2.67. The Balaban J connectivity index is 2.11. The van der Waals surface area contributed by atoms with E-state index in [0.29, 0.717) is 11.9 Å². The van der Waals surface area contributed by atoms with Gasteiger partial charge in [0, 0.05) is 43.1 Å². The van der Waals surface area contributed by atoms with Crippen LogP contribution in [0.25, 0.3) is 0 Å². The average molecular weight is 269 g/mol. The van der Waals surface area contributed by atoms with E-state index in [1.165, 1.54) is 0 Å². The molecule has 5 heteroatoms. The van der Waals surface area contributed by atoms with E-state index in [2.05, 4.69) is 33.6 Å². The van der Waals surface area contributed by atoms with Crippen LogP contribution in [-0.4, -0.2) is 47.1 Å². The van der Waals surface area contributed by atoms with Crippen molar-refractivity contribution in [2.45, 2.75) is 32.7 Å². The molecular weight excluding hydrogens is 248 g/mol. The summed E-state index contributed by atoms with van der Waals surface area (Å²) in [6.07, 6.45) is 1.85. The normalized spacial score (nSPS) is 21.3. The zero-order chi connectivity index (χ0) is 13.1. The minimum Gasteiger partial charge on any atom is -0.338 e. The van der Waals surface area contributed by atoms with Gasteiger partial charge in [0.2, 0.25) is 5.95 Å². The zero-order valence-electron chi connectivity index (χ0n) is 11.4. The van der Waals surface area contributed by atoms with Crippen LogP contribution in [0.3, 0.4) is 0 Å². The Kier molecular flexibility index (Phi) is 4.40. The number of rotatable bonds is 3. The van der Waals surface area contributed by atoms with Crippen LogP contribution in [0.15, 0.2) is 6.20 Å². The van der Waals surface area contributed by atoms with E-state index in [1.54, 1.807) is 0 Å². The molecule has 1 aliphatic heterocycles. The van der Waals surface area contributed by atoms with Gasteiger partial charge in [-0.3, -0.25) is 4.90 Å². The van der Waals surface area contributed by atoms with Gasteiger partial charge in [0.1, 0.15) is 0 Å². The smallest absolute Gasteiger partial charge is 0.225 e. The number of likely N-dealkylation sites (N-methyl/N-ethyl adjacent to an activating group) is 1. The number of halogens is 1. The van der Waals surface area contributed by atoms with E-state index in [1.807, 2.05) is 13.1 Å². The first-order valence-electron chi connectivity index (χ1n) is 6.53. The zero-order valence-corrected chi connectivity index (χ0v) is 12.1. The molecule has 1 aliphatic rings. The van der Waals surface area contributed by atoms with Gasteiger partial charge in [0.05, 0.1) is 5.88 Å². The maximum Gasteiger partial charge on any atom is 0.225 e. The van der Waals surface area contributed by atoms with E-state index in [9.17, 15) is 0 Å². The molecule has 2 heterocycles. The third kappa shape index (κ3) is 2.75. The van der Waals surface area contributed by atoms with E-state index in [-0.39, 0.29) is 0 Å². The van der Waals surface area contributed by atoms with Crippen molar-refractivity contribution in [1.82, 2.24) is 14.9 Å². The summed E-state index contributed by atoms with van der Waals surface area (Å²) in [5.74, 6) is 1.32. The summed E-state index contributed by atoms with van der Waals surface area (Å²) in [5, 5.41) is 0. The lowest BCUT2D eigenvalue weighted by molar-refractivity contribution is 0.198. The van der Waals surface area contributed by atoms with Crippen molar-refractivity contribution < 1.29 is 0 Å². The number of piperazine rings is 1. The Morgan fingerprint density at radius 1 is 1.44 bits per heavy atom. The molecule has 1 saturated heterocycles. The van der Waals surface area contributed by atoms with Gasteiger partial charge < -0.3 is 4.90 Å². The summed E-state index contributed by atoms with van der Waals surface area (Å²) in [5.41, 5.74) is 2.00. The van der Waals surface area contributed by atoms with Crippen LogP contribution < -0.4 is 4.90 Å². The van der Waals surface area contributed by atoms with Gasteiger partial charge in [0.25, 0.3) is 0 Å². The molecule has 1 fully saturated rings. The van der Waals surface area contributed by atoms with Gasteiger partial charge in [-0.2, -0.15) is 0 Å². The summed E-state index contributed by atoms with van der Waals surface area (Å²) in [7, 11) is 0. The first kappa shape index (κ1) is 13.6. The molecule has 100 valence electrons. The molecule has 2 rings (SSSR count). The molecule has 0 radical (unpaired) electrons. The molecule has 1 unspecified atom stereocenters. The molecule has 0 bridgehead atoms. The summed E-state index contributed by atoms with van der Waals surface area (Å²) in [6.45, 7) is 10.6. The van der Waals surface area contributed by atoms with Crippen LogP contribution in [0.2, 0.25) is 0 Å². The molecule has 1 aromatic rings. The van der Waals surface area contributed by atoms with E-state index < -0.39 is 0 Å². The number of aromatic nitrogens is 2. The summed E-state index contributed by atoms with van der Waals surface area (Å²) in [6, 6.07) is 0.556. The summed E-state index contributed by atoms with van der Waals surface area (Å²) in [4.78, 5) is 13.7. The molecule has 0 saturated carbocycles. The quantitative estimate of drug-likeness (QED) is 0.786. The lowest BCUT2D eigenvalue weighted by atomic mass is 10.2. The average Bonchev–Trinajstić information content (AvgIpc) is 2.38. The minimum atomic E-state index is 0.478. The highest BCUT2D eigenvalue weighted by atomic mass is 35.5. The largest absolute Gasteiger partial charge is 0.338 e. The Morgan fingerprint density at radius 3 is 2.78 bits per heavy atom. The molecule has 0 aromatic carbocycles. The second-order valence-corrected chi connectivity index (χ2v) is 5.11. The molecule has 18 heavy (non-hydrogen) atoms. The minimum absolute atomic E-state index is 0.478. The third-order valence-corrected chi connectivity index (χ3v) is 3.95. The van der Waals surface area contributed by atoms with Crippen LogP contribution in [0.4, 0.5) is 5.95 Å². The van der Waals surface area contributed by atoms with Gasteiger partial charge in [0.15, 0.2) is 0 Å². The standard InChI is InChI=1S/C13H21ClN4/c1-4-17-5-6-18(9-10(17)2)13-15-8-12(7-14)11(3)16-13/h8,10H,4-7,9H2,1-3H3. The third-order valence-electron chi connectivity index (χ3n) is 3.67. The second kappa shape index (κ2) is 5.85. The van der Waals surface area contributed by atoms with E-state index >= 15 is 0 Å². The SMILES string of the molecule is CCN1CCN(c2ncc(CCl)c(C)n2)CC1C. The topological polar surface area (TPSA) is 32.3 Å². The highest BCUT2D eigenvalue weighted by Gasteiger charge is 2.24. The Labute approximate surface area is 114 Å². The number of nitrogens with zero attached hydrogens (tertiary/aromatic N) is 4. The number of aryl methyl sites for hydroxylation is 1. The predicted molar refractivity (Wildman–Crippen MR) is 75.2 cm³/mol. The van der Waals surface area contributed by atoms with E-state index in [4.69, 9.17) is 11.6 Å². The lowest BCUT2D eigenvalue weighted by Gasteiger charge is -2.39. The van der Waals surface area contributed by atoms with Crippen molar-refractivity contribution >= 4 is 17.5 Å². The maximum absolute atomic E-state index is 5.83. The molecule has 1 aromatic heterocycles. The van der Waals surface area contributed by atoms with Crippen LogP contribution in [0, 0.1) is 6.92 Å². The maximum atomic E-state index is 5.83. The Morgan fingerprint density at radius 2 is 2.22 bits per heavy atom. The number of anilines is 1. The highest BCUT2D eigenvalue weighted by Crippen LogP contribution is 2.17. The van der Waals surface area contributed by atoms with Gasteiger partial charge in [-0.25, -0.2) is 9.97 Å². The number of hydrogen-bond acceptors (Lipinski definition) is 4. The Hall–Kier alpha value is -0.870. The summed E-state index contributed by atoms with van der Waals surface area (Å²) < 4.78 is 0. The molecule has 0 N–H and O–H groups in total. The van der Waals surface area contributed by atoms with Crippen molar-refractivity contribution in [2.75, 3.05) is 31.1 Å². The van der Waals surface area contributed by atoms with Crippen molar-refractivity contribution in [3.63, 3.8) is 0 Å². The first-order chi connectivity index (χ1) is 8.65. The molecule has 0 spiro atoms. The van der Waals surface area contributed by atoms with Crippen LogP contribution in [0.5, 0.6) is 0 Å². The van der Waals surface area contributed by atoms with Crippen LogP contribution in [0.1, 0.15) is 25.1 Å². The van der Waals surface area contributed by atoms with E-state index in [0.717, 1.165) is 43.4 Å². The first-order valence-corrected chi connectivity index (χ1v) is 7.06. The molecular formula is C13H21ClN4. The van der Waals surface area contributed by atoms with Crippen molar-refractivity contribution in [1.29, 1.82) is 0 Å². The van der Waals surface area contributed by atoms with Gasteiger partial charge in [-0.05, 0) is 20.4 Å². The lowest BCUT2D eigenvalue weighted by Crippen LogP contribution is -2.52. The Bertz CT molecular complexity index is 410. The van der Waals surface area contributed by atoms with Gasteiger partial charge in [-0.15, -0.1) is 11.6 Å². The predicted octanol–water partition coefficient (Wildman–Crippen LogP) is 2.05. The number of hydrogen-bond donors (Lipinski definition) is 0. The molecule has 0 aliphatic carbocycles. The van der Waals surface area contributed by atoms with Gasteiger partial charge >= 0.3 is 0 Å². The number of alkyl halides is 1. The molecule has 4 nitrogen and oxygen atoms in total. The monoisotopic (exact) mass is 268 g/mol. The van der Waals surface area contributed by atoms with Crippen molar-refractivity contribution in [3.05, 3.63) is 17.5 Å². The summed E-state index contributed by atoms with van der Waals surface area (Å²) >= 11 is 5.83. The van der Waals surface area contributed by atoms with Crippen molar-refractivity contribution in [2.24, 2.45) is 0 Å². The van der Waals surface area contributed by atoms with Crippen LogP contribution in [-0.2, 0) is 5.88 Å². The fraction of sp³-hybridized carbons (Fsp3) is 0.692. The van der Waals surface area contributed by atoms with Gasteiger partial charge in [-0.1, -0.05) is 6.92 Å². The van der Waals surface area contributed by atoms with Crippen molar-refractivity contribution in [3.8, 4) is 0 Å². The van der Waals surface area contributed by atoms with Crippen LogP contribution >= 0.6 is 11.6 Å². The fourth-order valence-electron chi connectivity index (χ4n) is 2.41. The molecule has 1 atom stereocenters. The highest BCUT2D eigenvalue weighted by molar-refractivity contribution is 6.17.